The van der Waals surface area contributed by atoms with E-state index >= 15 is 0 Å². The lowest BCUT2D eigenvalue weighted by Gasteiger charge is -2.48. The number of nitrogens with two attached hydrogens (primary N) is 4. The maximum atomic E-state index is 11.0. The Morgan fingerprint density at radius 3 is 2.29 bits per heavy atom. The first kappa shape index (κ1) is 24.7. The van der Waals surface area contributed by atoms with Crippen LogP contribution in [-0.4, -0.2) is 102 Å². The monoisotopic (exact) mass is 447 g/mol. The molecule has 12 nitrogen and oxygen atoms in total. The second-order valence-corrected chi connectivity index (χ2v) is 8.81. The van der Waals surface area contributed by atoms with E-state index in [1.54, 1.807) is 20.0 Å². The van der Waals surface area contributed by atoms with Crippen molar-refractivity contribution >= 4 is 0 Å². The second kappa shape index (κ2) is 9.93. The first-order valence-corrected chi connectivity index (χ1v) is 10.6. The third-order valence-electron chi connectivity index (χ3n) is 6.22. The van der Waals surface area contributed by atoms with Gasteiger partial charge >= 0.3 is 0 Å². The molecule has 31 heavy (non-hydrogen) atoms. The zero-order valence-corrected chi connectivity index (χ0v) is 18.0. The van der Waals surface area contributed by atoms with Crippen molar-refractivity contribution in [3.8, 4) is 0 Å². The van der Waals surface area contributed by atoms with E-state index in [1.165, 1.54) is 0 Å². The average Bonchev–Trinajstić information content (AvgIpc) is 2.71. The molecule has 0 amide bonds. The number of rotatable bonds is 6. The second-order valence-electron chi connectivity index (χ2n) is 8.81. The molecule has 12 heteroatoms. The lowest BCUT2D eigenvalue weighted by Crippen LogP contribution is -2.68. The highest BCUT2D eigenvalue weighted by molar-refractivity contribution is 5.04. The maximum Gasteiger partial charge on any atom is 0.215 e. The molecule has 2 fully saturated rings. The standard InChI is InChI=1S/C19H37N5O7/c1-19(27)7-28-18(13(26)16(19)24-2)31-15-11(23)5-10(22)14(12(15)25)30-17-9(21)4-3-8(6-20)29-17/h3,9-18,24-27H,4-7,20-23H2,1-2H3/t9-,10+,11-,12-,13-,14-,15+,16-,17-,18?,19+/m1/s1. The summed E-state index contributed by atoms with van der Waals surface area (Å²) < 4.78 is 23.1. The number of nitrogens with one attached hydrogen (secondary N) is 1. The van der Waals surface area contributed by atoms with E-state index in [9.17, 15) is 15.3 Å². The highest BCUT2D eigenvalue weighted by atomic mass is 16.7. The molecule has 1 saturated heterocycles. The van der Waals surface area contributed by atoms with Crippen molar-refractivity contribution in [3.63, 3.8) is 0 Å². The number of hydrogen-bond acceptors (Lipinski definition) is 12. The fourth-order valence-electron chi connectivity index (χ4n) is 4.44. The van der Waals surface area contributed by atoms with E-state index < -0.39 is 66.8 Å². The van der Waals surface area contributed by atoms with Crippen LogP contribution in [-0.2, 0) is 18.9 Å². The van der Waals surface area contributed by atoms with Gasteiger partial charge in [-0.3, -0.25) is 0 Å². The third-order valence-corrected chi connectivity index (χ3v) is 6.22. The summed E-state index contributed by atoms with van der Waals surface area (Å²) in [5.41, 5.74) is 22.9. The summed E-state index contributed by atoms with van der Waals surface area (Å²) in [5, 5.41) is 34.9. The maximum absolute atomic E-state index is 11.0. The first-order valence-electron chi connectivity index (χ1n) is 10.6. The van der Waals surface area contributed by atoms with Crippen LogP contribution in [0.5, 0.6) is 0 Å². The summed E-state index contributed by atoms with van der Waals surface area (Å²) in [6.45, 7) is 1.68. The molecule has 1 unspecified atom stereocenters. The lowest BCUT2D eigenvalue weighted by atomic mass is 9.84. The van der Waals surface area contributed by atoms with Crippen LogP contribution in [0.2, 0.25) is 0 Å². The Bertz CT molecular complexity index is 639. The van der Waals surface area contributed by atoms with Gasteiger partial charge in [-0.25, -0.2) is 0 Å². The molecule has 3 rings (SSSR count). The molecule has 0 aromatic heterocycles. The highest BCUT2D eigenvalue weighted by Crippen LogP contribution is 2.31. The molecule has 11 atom stereocenters. The molecule has 0 aromatic carbocycles. The largest absolute Gasteiger partial charge is 0.467 e. The highest BCUT2D eigenvalue weighted by Gasteiger charge is 2.50. The van der Waals surface area contributed by atoms with Crippen LogP contribution in [0.25, 0.3) is 0 Å². The van der Waals surface area contributed by atoms with Gasteiger partial charge in [-0.15, -0.1) is 0 Å². The van der Waals surface area contributed by atoms with Gasteiger partial charge in [0, 0.05) is 12.1 Å². The van der Waals surface area contributed by atoms with Gasteiger partial charge in [-0.1, -0.05) is 0 Å². The summed E-state index contributed by atoms with van der Waals surface area (Å²) in [6, 6.07) is -2.37. The smallest absolute Gasteiger partial charge is 0.215 e. The zero-order valence-electron chi connectivity index (χ0n) is 18.0. The summed E-state index contributed by atoms with van der Waals surface area (Å²) in [4.78, 5) is 0. The molecular weight excluding hydrogens is 410 g/mol. The van der Waals surface area contributed by atoms with Gasteiger partial charge in [0.1, 0.15) is 35.8 Å². The molecule has 0 spiro atoms. The van der Waals surface area contributed by atoms with Crippen LogP contribution in [0.15, 0.2) is 11.8 Å². The van der Waals surface area contributed by atoms with Crippen LogP contribution in [0.1, 0.15) is 19.8 Å². The van der Waals surface area contributed by atoms with Gasteiger partial charge in [0.15, 0.2) is 6.29 Å². The van der Waals surface area contributed by atoms with E-state index in [1.807, 2.05) is 0 Å². The van der Waals surface area contributed by atoms with E-state index in [-0.39, 0.29) is 13.2 Å². The molecule has 1 aliphatic carbocycles. The summed E-state index contributed by atoms with van der Waals surface area (Å²) in [7, 11) is 1.62. The van der Waals surface area contributed by atoms with Gasteiger partial charge < -0.3 is 62.5 Å². The Morgan fingerprint density at radius 2 is 1.71 bits per heavy atom. The number of aliphatic hydroxyl groups is 3. The van der Waals surface area contributed by atoms with Crippen LogP contribution in [0.4, 0.5) is 0 Å². The quantitative estimate of drug-likeness (QED) is 0.196. The fourth-order valence-corrected chi connectivity index (χ4v) is 4.44. The van der Waals surface area contributed by atoms with Crippen molar-refractivity contribution in [2.45, 2.75) is 86.5 Å². The van der Waals surface area contributed by atoms with Crippen molar-refractivity contribution in [2.75, 3.05) is 20.2 Å². The minimum Gasteiger partial charge on any atom is -0.467 e. The topological polar surface area (TPSA) is 214 Å². The molecule has 12 N–H and O–H groups in total. The van der Waals surface area contributed by atoms with E-state index in [4.69, 9.17) is 41.9 Å². The minimum atomic E-state index is -1.29. The molecule has 0 bridgehead atoms. The molecule has 2 heterocycles. The normalized spacial score (nSPS) is 48.7. The van der Waals surface area contributed by atoms with Gasteiger partial charge in [-0.05, 0) is 32.9 Å². The molecule has 180 valence electrons. The predicted octanol–water partition coefficient (Wildman–Crippen LogP) is -3.85. The van der Waals surface area contributed by atoms with Gasteiger partial charge in [0.05, 0.1) is 25.2 Å². The first-order chi connectivity index (χ1) is 14.6. The van der Waals surface area contributed by atoms with Crippen LogP contribution >= 0.6 is 0 Å². The minimum absolute atomic E-state index is 0.0727. The fraction of sp³-hybridized carbons (Fsp3) is 0.895. The Kier molecular flexibility index (Phi) is 7.92. The summed E-state index contributed by atoms with van der Waals surface area (Å²) in [6.07, 6.45) is -3.56. The van der Waals surface area contributed by atoms with Crippen molar-refractivity contribution < 1.29 is 34.3 Å². The van der Waals surface area contributed by atoms with Gasteiger partial charge in [-0.2, -0.15) is 0 Å². The lowest BCUT2D eigenvalue weighted by molar-refractivity contribution is -0.303. The Labute approximate surface area is 181 Å². The predicted molar refractivity (Wildman–Crippen MR) is 110 cm³/mol. The number of likely N-dealkylation sites (N-methyl/N-ethyl adjacent to an activating group) is 1. The Morgan fingerprint density at radius 1 is 1.10 bits per heavy atom. The van der Waals surface area contributed by atoms with Crippen LogP contribution in [0.3, 0.4) is 0 Å². The number of hydrogen-bond donors (Lipinski definition) is 8. The van der Waals surface area contributed by atoms with Crippen molar-refractivity contribution in [1.29, 1.82) is 0 Å². The van der Waals surface area contributed by atoms with E-state index in [0.29, 0.717) is 18.6 Å². The van der Waals surface area contributed by atoms with E-state index in [0.717, 1.165) is 0 Å². The summed E-state index contributed by atoms with van der Waals surface area (Å²) in [5.74, 6) is 0.555. The van der Waals surface area contributed by atoms with E-state index in [2.05, 4.69) is 5.32 Å². The van der Waals surface area contributed by atoms with Crippen molar-refractivity contribution in [3.05, 3.63) is 11.8 Å². The van der Waals surface area contributed by atoms with Crippen LogP contribution in [0, 0.1) is 0 Å². The average molecular weight is 448 g/mol. The Hall–Kier alpha value is -0.900. The van der Waals surface area contributed by atoms with Gasteiger partial charge in [0.25, 0.3) is 0 Å². The molecule has 3 aliphatic rings. The SMILES string of the molecule is CN[C@@H]1[C@@H](O)C(O[C@@H]2[C@H](O)[C@H](O[C@H]3OC(CN)=CC[C@H]3N)[C@@H](N)C[C@H]2N)OC[C@]1(C)O. The van der Waals surface area contributed by atoms with Crippen molar-refractivity contribution in [1.82, 2.24) is 5.32 Å². The number of ether oxygens (including phenoxy) is 4. The number of aliphatic hydroxyl groups excluding tert-OH is 2. The molecule has 1 saturated carbocycles. The molecule has 0 radical (unpaired) electrons. The summed E-state index contributed by atoms with van der Waals surface area (Å²) >= 11 is 0. The molecule has 0 aromatic rings. The van der Waals surface area contributed by atoms with Crippen LogP contribution < -0.4 is 28.3 Å². The Balaban J connectivity index is 1.69. The molecule has 2 aliphatic heterocycles. The zero-order chi connectivity index (χ0) is 22.9. The molecular formula is C19H37N5O7. The van der Waals surface area contributed by atoms with Gasteiger partial charge in [0.2, 0.25) is 6.29 Å². The van der Waals surface area contributed by atoms with Crippen molar-refractivity contribution in [2.24, 2.45) is 22.9 Å². The third kappa shape index (κ3) is 5.20.